The molecule has 0 radical (unpaired) electrons. The van der Waals surface area contributed by atoms with E-state index in [0.29, 0.717) is 5.82 Å². The highest BCUT2D eigenvalue weighted by Gasteiger charge is 2.21. The molecule has 0 saturated carbocycles. The number of nitrogen functional groups attached to an aromatic ring is 1. The van der Waals surface area contributed by atoms with Crippen LogP contribution in [-0.4, -0.2) is 30.7 Å². The molecule has 1 aromatic rings. The van der Waals surface area contributed by atoms with E-state index in [9.17, 15) is 4.39 Å². The standard InChI is InChI=1S/C10H14ClFN4/c1-6-5-14-2-3-16(6)8-4-7(13)9(11)10(12)15-8/h4,6,14H,2-3,5H2,1H3,(H2,13,15). The summed E-state index contributed by atoms with van der Waals surface area (Å²) in [4.78, 5) is 5.85. The van der Waals surface area contributed by atoms with Gasteiger partial charge in [-0.1, -0.05) is 11.6 Å². The minimum atomic E-state index is -0.706. The van der Waals surface area contributed by atoms with E-state index < -0.39 is 5.95 Å². The van der Waals surface area contributed by atoms with Gasteiger partial charge in [0.2, 0.25) is 5.95 Å². The molecule has 16 heavy (non-hydrogen) atoms. The van der Waals surface area contributed by atoms with Gasteiger partial charge in [-0.05, 0) is 6.92 Å². The summed E-state index contributed by atoms with van der Waals surface area (Å²) in [7, 11) is 0. The number of nitrogens with one attached hydrogen (secondary N) is 1. The molecule has 1 unspecified atom stereocenters. The van der Waals surface area contributed by atoms with Crippen molar-refractivity contribution in [1.29, 1.82) is 0 Å². The number of piperazine rings is 1. The minimum Gasteiger partial charge on any atom is -0.397 e. The van der Waals surface area contributed by atoms with E-state index in [4.69, 9.17) is 17.3 Å². The highest BCUT2D eigenvalue weighted by atomic mass is 35.5. The van der Waals surface area contributed by atoms with Crippen LogP contribution in [0.15, 0.2) is 6.07 Å². The van der Waals surface area contributed by atoms with Crippen molar-refractivity contribution in [2.45, 2.75) is 13.0 Å². The van der Waals surface area contributed by atoms with Crippen LogP contribution < -0.4 is 16.0 Å². The average molecular weight is 245 g/mol. The molecule has 6 heteroatoms. The predicted octanol–water partition coefficient (Wildman–Crippen LogP) is 1.25. The quantitative estimate of drug-likeness (QED) is 0.731. The van der Waals surface area contributed by atoms with Crippen LogP contribution in [0.5, 0.6) is 0 Å². The van der Waals surface area contributed by atoms with Gasteiger partial charge in [0.1, 0.15) is 10.8 Å². The Bertz CT molecular complexity index is 375. The van der Waals surface area contributed by atoms with Gasteiger partial charge in [-0.2, -0.15) is 4.39 Å². The summed E-state index contributed by atoms with van der Waals surface area (Å²) in [5, 5.41) is 3.15. The van der Waals surface area contributed by atoms with Crippen LogP contribution in [0.1, 0.15) is 6.92 Å². The minimum absolute atomic E-state index is 0.105. The number of hydrogen-bond acceptors (Lipinski definition) is 4. The van der Waals surface area contributed by atoms with Crippen molar-refractivity contribution >= 4 is 23.1 Å². The monoisotopic (exact) mass is 244 g/mol. The molecule has 0 spiro atoms. The maximum atomic E-state index is 13.4. The highest BCUT2D eigenvalue weighted by molar-refractivity contribution is 6.33. The predicted molar refractivity (Wildman–Crippen MR) is 63.3 cm³/mol. The Morgan fingerprint density at radius 1 is 1.69 bits per heavy atom. The van der Waals surface area contributed by atoms with Gasteiger partial charge in [0.15, 0.2) is 0 Å². The van der Waals surface area contributed by atoms with Crippen molar-refractivity contribution < 1.29 is 4.39 Å². The zero-order valence-electron chi connectivity index (χ0n) is 9.00. The fourth-order valence-electron chi connectivity index (χ4n) is 1.83. The number of nitrogens with two attached hydrogens (primary N) is 1. The lowest BCUT2D eigenvalue weighted by atomic mass is 10.2. The van der Waals surface area contributed by atoms with Gasteiger partial charge in [-0.3, -0.25) is 0 Å². The first kappa shape index (κ1) is 11.4. The van der Waals surface area contributed by atoms with Crippen LogP contribution in [0, 0.1) is 5.95 Å². The number of anilines is 2. The van der Waals surface area contributed by atoms with E-state index in [-0.39, 0.29) is 16.8 Å². The van der Waals surface area contributed by atoms with Crippen molar-refractivity contribution in [1.82, 2.24) is 10.3 Å². The van der Waals surface area contributed by atoms with Crippen LogP contribution in [-0.2, 0) is 0 Å². The Morgan fingerprint density at radius 3 is 3.06 bits per heavy atom. The van der Waals surface area contributed by atoms with Crippen LogP contribution in [0.25, 0.3) is 0 Å². The Kier molecular flexibility index (Phi) is 3.16. The SMILES string of the molecule is CC1CNCCN1c1cc(N)c(Cl)c(F)n1. The molecule has 2 heterocycles. The Morgan fingerprint density at radius 2 is 2.44 bits per heavy atom. The first-order valence-electron chi connectivity index (χ1n) is 5.18. The van der Waals surface area contributed by atoms with Gasteiger partial charge in [-0.25, -0.2) is 4.98 Å². The van der Waals surface area contributed by atoms with E-state index in [1.807, 2.05) is 4.90 Å². The van der Waals surface area contributed by atoms with Gasteiger partial charge < -0.3 is 16.0 Å². The molecular formula is C10H14ClFN4. The maximum absolute atomic E-state index is 13.4. The fourth-order valence-corrected chi connectivity index (χ4v) is 1.93. The van der Waals surface area contributed by atoms with Gasteiger partial charge in [0.05, 0.1) is 5.69 Å². The molecule has 1 aromatic heterocycles. The maximum Gasteiger partial charge on any atom is 0.235 e. The van der Waals surface area contributed by atoms with E-state index in [1.54, 1.807) is 6.07 Å². The molecule has 88 valence electrons. The van der Waals surface area contributed by atoms with Crippen LogP contribution in [0.2, 0.25) is 5.02 Å². The summed E-state index contributed by atoms with van der Waals surface area (Å²) in [6, 6.07) is 1.88. The average Bonchev–Trinajstić information content (AvgIpc) is 2.26. The third kappa shape index (κ3) is 2.05. The largest absolute Gasteiger partial charge is 0.397 e. The molecule has 0 aromatic carbocycles. The molecule has 0 amide bonds. The van der Waals surface area contributed by atoms with Crippen LogP contribution >= 0.6 is 11.6 Å². The number of rotatable bonds is 1. The molecule has 0 aliphatic carbocycles. The molecule has 0 bridgehead atoms. The van der Waals surface area contributed by atoms with E-state index in [0.717, 1.165) is 19.6 Å². The van der Waals surface area contributed by atoms with Crippen molar-refractivity contribution in [2.75, 3.05) is 30.3 Å². The molecule has 1 aliphatic heterocycles. The summed E-state index contributed by atoms with van der Waals surface area (Å²) in [5.41, 5.74) is 5.85. The smallest absolute Gasteiger partial charge is 0.235 e. The van der Waals surface area contributed by atoms with Crippen LogP contribution in [0.3, 0.4) is 0 Å². The molecule has 1 aliphatic rings. The summed E-state index contributed by atoms with van der Waals surface area (Å²) < 4.78 is 13.4. The van der Waals surface area contributed by atoms with Gasteiger partial charge in [0, 0.05) is 31.7 Å². The topological polar surface area (TPSA) is 54.2 Å². The van der Waals surface area contributed by atoms with E-state index in [2.05, 4.69) is 17.2 Å². The fraction of sp³-hybridized carbons (Fsp3) is 0.500. The van der Waals surface area contributed by atoms with Gasteiger partial charge in [0.25, 0.3) is 0 Å². The summed E-state index contributed by atoms with van der Waals surface area (Å²) in [6.07, 6.45) is 0. The van der Waals surface area contributed by atoms with Crippen molar-refractivity contribution in [2.24, 2.45) is 0 Å². The molecule has 1 atom stereocenters. The lowest BCUT2D eigenvalue weighted by molar-refractivity contribution is 0.492. The van der Waals surface area contributed by atoms with Crippen molar-refractivity contribution in [3.05, 3.63) is 17.0 Å². The van der Waals surface area contributed by atoms with Gasteiger partial charge in [-0.15, -0.1) is 0 Å². The van der Waals surface area contributed by atoms with Crippen molar-refractivity contribution in [3.63, 3.8) is 0 Å². The third-order valence-electron chi connectivity index (χ3n) is 2.73. The molecule has 1 saturated heterocycles. The van der Waals surface area contributed by atoms with Crippen molar-refractivity contribution in [3.8, 4) is 0 Å². The molecular weight excluding hydrogens is 231 g/mol. The number of nitrogens with zero attached hydrogens (tertiary/aromatic N) is 2. The summed E-state index contributed by atoms with van der Waals surface area (Å²) in [6.45, 7) is 4.55. The lowest BCUT2D eigenvalue weighted by Gasteiger charge is -2.35. The molecule has 4 nitrogen and oxygen atoms in total. The second-order valence-corrected chi connectivity index (χ2v) is 4.30. The number of hydrogen-bond donors (Lipinski definition) is 2. The zero-order chi connectivity index (χ0) is 11.7. The highest BCUT2D eigenvalue weighted by Crippen LogP contribution is 2.26. The second-order valence-electron chi connectivity index (χ2n) is 3.92. The molecule has 1 fully saturated rings. The lowest BCUT2D eigenvalue weighted by Crippen LogP contribution is -2.50. The Balaban J connectivity index is 2.32. The van der Waals surface area contributed by atoms with E-state index in [1.165, 1.54) is 0 Å². The first-order chi connectivity index (χ1) is 7.59. The number of aromatic nitrogens is 1. The molecule has 2 rings (SSSR count). The third-order valence-corrected chi connectivity index (χ3v) is 3.10. The second kappa shape index (κ2) is 4.43. The zero-order valence-corrected chi connectivity index (χ0v) is 9.76. The number of pyridine rings is 1. The first-order valence-corrected chi connectivity index (χ1v) is 5.56. The summed E-state index contributed by atoms with van der Waals surface area (Å²) in [5.74, 6) is -0.157. The Labute approximate surface area is 98.6 Å². The van der Waals surface area contributed by atoms with Gasteiger partial charge >= 0.3 is 0 Å². The van der Waals surface area contributed by atoms with Crippen LogP contribution in [0.4, 0.5) is 15.9 Å². The number of halogens is 2. The normalized spacial score (nSPS) is 21.2. The molecule has 3 N–H and O–H groups in total. The Hall–Kier alpha value is -1.07. The van der Waals surface area contributed by atoms with E-state index >= 15 is 0 Å². The summed E-state index contributed by atoms with van der Waals surface area (Å²) >= 11 is 5.63.